The summed E-state index contributed by atoms with van der Waals surface area (Å²) in [6.45, 7) is 1.68. The molecule has 4 nitrogen and oxygen atoms in total. The van der Waals surface area contributed by atoms with Crippen molar-refractivity contribution in [1.82, 2.24) is 0 Å². The van der Waals surface area contributed by atoms with E-state index in [9.17, 15) is 4.79 Å². The molecule has 6 heteroatoms. The van der Waals surface area contributed by atoms with Crippen LogP contribution in [0.4, 0.5) is 11.4 Å². The first-order valence-corrected chi connectivity index (χ1v) is 6.96. The molecule has 0 aromatic heterocycles. The molecular weight excluding hydrogens is 311 g/mol. The van der Waals surface area contributed by atoms with Gasteiger partial charge in [0.2, 0.25) is 0 Å². The summed E-state index contributed by atoms with van der Waals surface area (Å²) in [5, 5.41) is 3.60. The van der Waals surface area contributed by atoms with Gasteiger partial charge in [-0.1, -0.05) is 29.3 Å². The van der Waals surface area contributed by atoms with Gasteiger partial charge in [-0.3, -0.25) is 4.79 Å². The number of anilines is 2. The monoisotopic (exact) mass is 324 g/mol. The lowest BCUT2D eigenvalue weighted by molar-refractivity contribution is -0.118. The number of ether oxygens (including phenoxy) is 1. The number of nitrogens with two attached hydrogens (primary N) is 1. The first kappa shape index (κ1) is 15.5. The van der Waals surface area contributed by atoms with Crippen LogP contribution in [0.1, 0.15) is 5.56 Å². The van der Waals surface area contributed by atoms with Crippen LogP contribution in [0.25, 0.3) is 0 Å². The highest BCUT2D eigenvalue weighted by Gasteiger charge is 2.09. The van der Waals surface area contributed by atoms with Crippen LogP contribution in [-0.2, 0) is 4.79 Å². The van der Waals surface area contributed by atoms with Crippen LogP contribution in [0.5, 0.6) is 5.75 Å². The highest BCUT2D eigenvalue weighted by Crippen LogP contribution is 2.27. The Labute approximate surface area is 132 Å². The lowest BCUT2D eigenvalue weighted by atomic mass is 10.1. The molecular formula is C15H14Cl2N2O2. The minimum atomic E-state index is -0.297. The van der Waals surface area contributed by atoms with Gasteiger partial charge in [0.05, 0.1) is 5.02 Å². The lowest BCUT2D eigenvalue weighted by Gasteiger charge is -2.11. The zero-order chi connectivity index (χ0) is 15.4. The number of nitrogen functional groups attached to an aromatic ring is 1. The second kappa shape index (κ2) is 6.70. The average molecular weight is 325 g/mol. The van der Waals surface area contributed by atoms with E-state index in [2.05, 4.69) is 5.32 Å². The first-order valence-electron chi connectivity index (χ1n) is 6.20. The molecule has 2 rings (SSSR count). The fraction of sp³-hybridized carbons (Fsp3) is 0.133. The molecule has 0 radical (unpaired) electrons. The molecule has 2 aromatic carbocycles. The van der Waals surface area contributed by atoms with E-state index in [1.807, 2.05) is 6.92 Å². The van der Waals surface area contributed by atoms with Gasteiger partial charge in [0, 0.05) is 16.4 Å². The maximum Gasteiger partial charge on any atom is 0.262 e. The van der Waals surface area contributed by atoms with Crippen LogP contribution < -0.4 is 15.8 Å². The Balaban J connectivity index is 1.97. The molecule has 0 fully saturated rings. The summed E-state index contributed by atoms with van der Waals surface area (Å²) >= 11 is 11.7. The molecule has 0 atom stereocenters. The van der Waals surface area contributed by atoms with Crippen molar-refractivity contribution in [2.75, 3.05) is 17.7 Å². The van der Waals surface area contributed by atoms with Crippen LogP contribution >= 0.6 is 23.2 Å². The van der Waals surface area contributed by atoms with Gasteiger partial charge >= 0.3 is 0 Å². The largest absolute Gasteiger partial charge is 0.482 e. The zero-order valence-electron chi connectivity index (χ0n) is 11.3. The molecule has 0 unspecified atom stereocenters. The van der Waals surface area contributed by atoms with E-state index < -0.39 is 0 Å². The molecule has 0 saturated carbocycles. The minimum Gasteiger partial charge on any atom is -0.482 e. The number of hydrogen-bond donors (Lipinski definition) is 2. The molecule has 1 amide bonds. The lowest BCUT2D eigenvalue weighted by Crippen LogP contribution is -2.20. The minimum absolute atomic E-state index is 0.157. The molecule has 0 aliphatic rings. The summed E-state index contributed by atoms with van der Waals surface area (Å²) in [4.78, 5) is 11.9. The Hall–Kier alpha value is -1.91. The fourth-order valence-electron chi connectivity index (χ4n) is 1.71. The SMILES string of the molecule is Cc1c(N)cccc1NC(=O)COc1ccc(Cl)cc1Cl. The Kier molecular flexibility index (Phi) is 4.94. The van der Waals surface area contributed by atoms with E-state index in [4.69, 9.17) is 33.7 Å². The first-order chi connectivity index (χ1) is 9.97. The van der Waals surface area contributed by atoms with E-state index in [0.29, 0.717) is 27.2 Å². The number of halogens is 2. The Bertz CT molecular complexity index is 675. The van der Waals surface area contributed by atoms with Crippen LogP contribution in [0.15, 0.2) is 36.4 Å². The topological polar surface area (TPSA) is 64.3 Å². The van der Waals surface area contributed by atoms with E-state index in [1.54, 1.807) is 36.4 Å². The van der Waals surface area contributed by atoms with Crippen molar-refractivity contribution >= 4 is 40.5 Å². The number of rotatable bonds is 4. The van der Waals surface area contributed by atoms with E-state index >= 15 is 0 Å². The van der Waals surface area contributed by atoms with E-state index in [0.717, 1.165) is 5.56 Å². The predicted molar refractivity (Wildman–Crippen MR) is 86.2 cm³/mol. The second-order valence-corrected chi connectivity index (χ2v) is 5.28. The summed E-state index contributed by atoms with van der Waals surface area (Å²) in [5.74, 6) is 0.107. The molecule has 2 aromatic rings. The van der Waals surface area contributed by atoms with Gasteiger partial charge in [-0.2, -0.15) is 0 Å². The molecule has 110 valence electrons. The third kappa shape index (κ3) is 4.03. The van der Waals surface area contributed by atoms with Gasteiger partial charge < -0.3 is 15.8 Å². The van der Waals surface area contributed by atoms with Crippen LogP contribution in [0, 0.1) is 6.92 Å². The summed E-state index contributed by atoms with van der Waals surface area (Å²) in [5.41, 5.74) is 7.88. The summed E-state index contributed by atoms with van der Waals surface area (Å²) < 4.78 is 5.36. The van der Waals surface area contributed by atoms with Crippen molar-refractivity contribution in [2.45, 2.75) is 6.92 Å². The van der Waals surface area contributed by atoms with Gasteiger partial charge in [0.1, 0.15) is 5.75 Å². The molecule has 0 saturated heterocycles. The van der Waals surface area contributed by atoms with E-state index in [1.165, 1.54) is 0 Å². The van der Waals surface area contributed by atoms with Crippen molar-refractivity contribution in [3.05, 3.63) is 52.0 Å². The fourth-order valence-corrected chi connectivity index (χ4v) is 2.17. The number of carbonyl (C=O) groups excluding carboxylic acids is 1. The van der Waals surface area contributed by atoms with Gasteiger partial charge in [-0.05, 0) is 42.8 Å². The number of carbonyl (C=O) groups is 1. The van der Waals surface area contributed by atoms with Gasteiger partial charge in [-0.15, -0.1) is 0 Å². The number of amides is 1. The normalized spacial score (nSPS) is 10.2. The van der Waals surface area contributed by atoms with Gasteiger partial charge in [0.25, 0.3) is 5.91 Å². The molecule has 0 heterocycles. The third-order valence-electron chi connectivity index (χ3n) is 2.90. The highest BCUT2D eigenvalue weighted by molar-refractivity contribution is 6.35. The smallest absolute Gasteiger partial charge is 0.262 e. The van der Waals surface area contributed by atoms with Crippen LogP contribution in [0.2, 0.25) is 10.0 Å². The Morgan fingerprint density at radius 3 is 2.76 bits per heavy atom. The Morgan fingerprint density at radius 2 is 2.05 bits per heavy atom. The van der Waals surface area contributed by atoms with Crippen molar-refractivity contribution in [1.29, 1.82) is 0 Å². The number of benzene rings is 2. The number of hydrogen-bond acceptors (Lipinski definition) is 3. The quantitative estimate of drug-likeness (QED) is 0.838. The summed E-state index contributed by atoms with van der Waals surface area (Å²) in [6.07, 6.45) is 0. The summed E-state index contributed by atoms with van der Waals surface area (Å²) in [7, 11) is 0. The van der Waals surface area contributed by atoms with Gasteiger partial charge in [-0.25, -0.2) is 0 Å². The third-order valence-corrected chi connectivity index (χ3v) is 3.43. The van der Waals surface area contributed by atoms with Gasteiger partial charge in [0.15, 0.2) is 6.61 Å². The molecule has 21 heavy (non-hydrogen) atoms. The molecule has 3 N–H and O–H groups in total. The molecule has 0 aliphatic heterocycles. The van der Waals surface area contributed by atoms with Crippen molar-refractivity contribution in [3.63, 3.8) is 0 Å². The van der Waals surface area contributed by atoms with Crippen molar-refractivity contribution in [2.24, 2.45) is 0 Å². The molecule has 0 spiro atoms. The Morgan fingerprint density at radius 1 is 1.29 bits per heavy atom. The van der Waals surface area contributed by atoms with E-state index in [-0.39, 0.29) is 12.5 Å². The standard InChI is InChI=1S/C15H14Cl2N2O2/c1-9-12(18)3-2-4-13(9)19-15(20)8-21-14-6-5-10(16)7-11(14)17/h2-7H,8,18H2,1H3,(H,19,20). The van der Waals surface area contributed by atoms with Crippen molar-refractivity contribution in [3.8, 4) is 5.75 Å². The summed E-state index contributed by atoms with van der Waals surface area (Å²) in [6, 6.07) is 10.1. The van der Waals surface area contributed by atoms with Crippen LogP contribution in [0.3, 0.4) is 0 Å². The van der Waals surface area contributed by atoms with Crippen molar-refractivity contribution < 1.29 is 9.53 Å². The average Bonchev–Trinajstić information content (AvgIpc) is 2.43. The predicted octanol–water partition coefficient (Wildman–Crippen LogP) is 3.90. The molecule has 0 aliphatic carbocycles. The maximum atomic E-state index is 11.9. The maximum absolute atomic E-state index is 11.9. The van der Waals surface area contributed by atoms with Crippen LogP contribution in [-0.4, -0.2) is 12.5 Å². The second-order valence-electron chi connectivity index (χ2n) is 4.43. The highest BCUT2D eigenvalue weighted by atomic mass is 35.5. The number of nitrogens with one attached hydrogen (secondary N) is 1. The molecule has 0 bridgehead atoms. The zero-order valence-corrected chi connectivity index (χ0v) is 12.8.